The third-order valence-electron chi connectivity index (χ3n) is 5.00. The number of rotatable bonds is 4. The Balaban J connectivity index is 1.60. The third-order valence-corrected chi connectivity index (χ3v) is 6.47. The fourth-order valence-electron chi connectivity index (χ4n) is 3.48. The van der Waals surface area contributed by atoms with E-state index < -0.39 is 0 Å². The monoisotopic (exact) mass is 440 g/mol. The predicted octanol–water partition coefficient (Wildman–Crippen LogP) is 4.38. The van der Waals surface area contributed by atoms with Gasteiger partial charge >= 0.3 is 0 Å². The number of nitrogens with zero attached hydrogens (tertiary/aromatic N) is 6. The minimum absolute atomic E-state index is 0.178. The zero-order valence-electron chi connectivity index (χ0n) is 16.7. The molecular weight excluding hydrogens is 420 g/mol. The van der Waals surface area contributed by atoms with Gasteiger partial charge < -0.3 is 9.64 Å². The molecule has 0 N–H and O–H groups in total. The van der Waals surface area contributed by atoms with Crippen LogP contribution in [0.4, 0.5) is 5.82 Å². The van der Waals surface area contributed by atoms with E-state index in [2.05, 4.69) is 30.0 Å². The highest BCUT2D eigenvalue weighted by molar-refractivity contribution is 7.18. The molecule has 30 heavy (non-hydrogen) atoms. The summed E-state index contributed by atoms with van der Waals surface area (Å²) in [5.41, 5.74) is 3.94. The van der Waals surface area contributed by atoms with E-state index in [1.807, 2.05) is 25.3 Å². The fourth-order valence-corrected chi connectivity index (χ4v) is 4.52. The zero-order chi connectivity index (χ0) is 20.7. The van der Waals surface area contributed by atoms with Crippen LogP contribution in [0.3, 0.4) is 0 Å². The van der Waals surface area contributed by atoms with E-state index in [1.165, 1.54) is 16.9 Å². The first kappa shape index (κ1) is 19.4. The second-order valence-electron chi connectivity index (χ2n) is 7.28. The number of benzene rings is 1. The third kappa shape index (κ3) is 3.66. The van der Waals surface area contributed by atoms with Crippen molar-refractivity contribution >= 4 is 39.1 Å². The summed E-state index contributed by atoms with van der Waals surface area (Å²) in [5.74, 6) is 1.34. The summed E-state index contributed by atoms with van der Waals surface area (Å²) in [6.45, 7) is 6.87. The molecular formula is C21H21ClN6OS. The van der Waals surface area contributed by atoms with Gasteiger partial charge in [0.25, 0.3) is 5.95 Å². The Bertz CT molecular complexity index is 1200. The second-order valence-corrected chi connectivity index (χ2v) is 8.95. The van der Waals surface area contributed by atoms with E-state index in [1.54, 1.807) is 4.68 Å². The SMILES string of the molecule is Cc1cccc(-c2ccn(-c3nc(N4CCOCC4)c4nc(C(C)Cl)sc4n3)n2)c1. The largest absolute Gasteiger partial charge is 0.378 e. The smallest absolute Gasteiger partial charge is 0.254 e. The van der Waals surface area contributed by atoms with Crippen LogP contribution in [0.1, 0.15) is 22.9 Å². The summed E-state index contributed by atoms with van der Waals surface area (Å²) < 4.78 is 7.24. The minimum atomic E-state index is -0.178. The van der Waals surface area contributed by atoms with Crippen molar-refractivity contribution in [3.8, 4) is 17.2 Å². The van der Waals surface area contributed by atoms with Gasteiger partial charge in [0.2, 0.25) is 0 Å². The number of aryl methyl sites for hydroxylation is 1. The molecule has 4 heterocycles. The average Bonchev–Trinajstić information content (AvgIpc) is 3.41. The van der Waals surface area contributed by atoms with Gasteiger partial charge in [-0.1, -0.05) is 35.1 Å². The molecule has 1 aliphatic heterocycles. The highest BCUT2D eigenvalue weighted by Gasteiger charge is 2.22. The molecule has 0 saturated carbocycles. The normalized spacial score (nSPS) is 15.6. The van der Waals surface area contributed by atoms with E-state index in [-0.39, 0.29) is 5.38 Å². The maximum Gasteiger partial charge on any atom is 0.254 e. The van der Waals surface area contributed by atoms with Crippen molar-refractivity contribution in [3.05, 3.63) is 47.1 Å². The standard InChI is InChI=1S/C21H21ClN6OS/c1-13-4-3-5-15(12-13)16-6-7-28(26-16)21-24-18(27-8-10-29-11-9-27)17-20(25-21)30-19(23-17)14(2)22/h3-7,12,14H,8-11H2,1-2H3. The Morgan fingerprint density at radius 3 is 2.73 bits per heavy atom. The molecule has 0 aliphatic carbocycles. The molecule has 7 nitrogen and oxygen atoms in total. The molecule has 1 fully saturated rings. The van der Waals surface area contributed by atoms with Crippen LogP contribution >= 0.6 is 22.9 Å². The number of alkyl halides is 1. The number of hydrogen-bond acceptors (Lipinski definition) is 7. The number of ether oxygens (including phenoxy) is 1. The van der Waals surface area contributed by atoms with Gasteiger partial charge in [0.05, 0.1) is 24.3 Å². The molecule has 0 amide bonds. The number of fused-ring (bicyclic) bond motifs is 1. The molecule has 0 spiro atoms. The van der Waals surface area contributed by atoms with Crippen LogP contribution in [-0.4, -0.2) is 51.0 Å². The van der Waals surface area contributed by atoms with Gasteiger partial charge in [-0.3, -0.25) is 0 Å². The number of hydrogen-bond donors (Lipinski definition) is 0. The average molecular weight is 441 g/mol. The number of halogens is 1. The molecule has 9 heteroatoms. The van der Waals surface area contributed by atoms with Crippen LogP contribution < -0.4 is 4.90 Å². The second kappa shape index (κ2) is 7.94. The summed E-state index contributed by atoms with van der Waals surface area (Å²) in [7, 11) is 0. The maximum absolute atomic E-state index is 6.30. The molecule has 0 radical (unpaired) electrons. The summed E-state index contributed by atoms with van der Waals surface area (Å²) in [5, 5.41) is 5.40. The van der Waals surface area contributed by atoms with Gasteiger partial charge in [-0.2, -0.15) is 15.1 Å². The van der Waals surface area contributed by atoms with E-state index in [0.29, 0.717) is 19.2 Å². The Morgan fingerprint density at radius 1 is 1.13 bits per heavy atom. The molecule has 1 saturated heterocycles. The summed E-state index contributed by atoms with van der Waals surface area (Å²) in [6, 6.07) is 10.3. The van der Waals surface area contributed by atoms with Crippen LogP contribution in [0.25, 0.3) is 27.6 Å². The van der Waals surface area contributed by atoms with Crippen molar-refractivity contribution in [2.24, 2.45) is 0 Å². The van der Waals surface area contributed by atoms with Gasteiger partial charge in [-0.15, -0.1) is 11.6 Å². The lowest BCUT2D eigenvalue weighted by molar-refractivity contribution is 0.122. The summed E-state index contributed by atoms with van der Waals surface area (Å²) >= 11 is 7.81. The molecule has 5 rings (SSSR count). The quantitative estimate of drug-likeness (QED) is 0.438. The van der Waals surface area contributed by atoms with Crippen LogP contribution in [0.15, 0.2) is 36.5 Å². The van der Waals surface area contributed by atoms with Crippen molar-refractivity contribution in [1.82, 2.24) is 24.7 Å². The van der Waals surface area contributed by atoms with Crippen LogP contribution in [0.5, 0.6) is 0 Å². The van der Waals surface area contributed by atoms with Crippen molar-refractivity contribution in [3.63, 3.8) is 0 Å². The van der Waals surface area contributed by atoms with E-state index in [4.69, 9.17) is 36.4 Å². The molecule has 154 valence electrons. The van der Waals surface area contributed by atoms with E-state index >= 15 is 0 Å². The topological polar surface area (TPSA) is 69.0 Å². The molecule has 1 aromatic carbocycles. The molecule has 1 atom stereocenters. The fraction of sp³-hybridized carbons (Fsp3) is 0.333. The van der Waals surface area contributed by atoms with Crippen molar-refractivity contribution in [2.75, 3.05) is 31.2 Å². The Kier molecular flexibility index (Phi) is 5.14. The molecule has 0 bridgehead atoms. The van der Waals surface area contributed by atoms with Gasteiger partial charge in [-0.05, 0) is 26.0 Å². The Labute approximate surface area is 183 Å². The molecule has 4 aromatic rings. The van der Waals surface area contributed by atoms with E-state index in [0.717, 1.165) is 45.5 Å². The number of aromatic nitrogens is 5. The van der Waals surface area contributed by atoms with Crippen LogP contribution in [0, 0.1) is 6.92 Å². The minimum Gasteiger partial charge on any atom is -0.378 e. The first-order chi connectivity index (χ1) is 14.6. The van der Waals surface area contributed by atoms with Crippen molar-refractivity contribution in [2.45, 2.75) is 19.2 Å². The highest BCUT2D eigenvalue weighted by Crippen LogP contribution is 2.33. The van der Waals surface area contributed by atoms with Crippen LogP contribution in [-0.2, 0) is 4.74 Å². The highest BCUT2D eigenvalue weighted by atomic mass is 35.5. The maximum atomic E-state index is 6.30. The van der Waals surface area contributed by atoms with Gasteiger partial charge in [-0.25, -0.2) is 9.67 Å². The predicted molar refractivity (Wildman–Crippen MR) is 120 cm³/mol. The number of morpholine rings is 1. The summed E-state index contributed by atoms with van der Waals surface area (Å²) in [4.78, 5) is 17.4. The van der Waals surface area contributed by atoms with Gasteiger partial charge in [0.1, 0.15) is 10.5 Å². The molecule has 1 unspecified atom stereocenters. The lowest BCUT2D eigenvalue weighted by Gasteiger charge is -2.28. The lowest BCUT2D eigenvalue weighted by atomic mass is 10.1. The Hall–Kier alpha value is -2.55. The number of anilines is 1. The Morgan fingerprint density at radius 2 is 1.97 bits per heavy atom. The molecule has 3 aromatic heterocycles. The number of thiazole rings is 1. The van der Waals surface area contributed by atoms with E-state index in [9.17, 15) is 0 Å². The van der Waals surface area contributed by atoms with Crippen LogP contribution in [0.2, 0.25) is 0 Å². The van der Waals surface area contributed by atoms with Crippen molar-refractivity contribution < 1.29 is 4.74 Å². The van der Waals surface area contributed by atoms with Gasteiger partial charge in [0.15, 0.2) is 10.6 Å². The molecule has 1 aliphatic rings. The first-order valence-electron chi connectivity index (χ1n) is 9.87. The van der Waals surface area contributed by atoms with Gasteiger partial charge in [0, 0.05) is 24.8 Å². The zero-order valence-corrected chi connectivity index (χ0v) is 18.3. The lowest BCUT2D eigenvalue weighted by Crippen LogP contribution is -2.37. The van der Waals surface area contributed by atoms with Crippen molar-refractivity contribution in [1.29, 1.82) is 0 Å². The first-order valence-corrected chi connectivity index (χ1v) is 11.1. The summed E-state index contributed by atoms with van der Waals surface area (Å²) in [6.07, 6.45) is 1.90.